The molecule has 0 fully saturated rings. The molecule has 1 amide bonds. The quantitative estimate of drug-likeness (QED) is 0.781. The van der Waals surface area contributed by atoms with Gasteiger partial charge in [-0.1, -0.05) is 12.1 Å². The Morgan fingerprint density at radius 3 is 2.33 bits per heavy atom. The highest BCUT2D eigenvalue weighted by atomic mass is 19.1. The van der Waals surface area contributed by atoms with Crippen LogP contribution in [0.1, 0.15) is 27.5 Å². The van der Waals surface area contributed by atoms with Gasteiger partial charge in [-0.25, -0.2) is 4.39 Å². The van der Waals surface area contributed by atoms with E-state index in [0.29, 0.717) is 35.6 Å². The SMILES string of the molecule is COc1cc2c(c(OC)c1OC)C(=O)N(CCc1ccc(F)cc1)C2C#N. The normalized spacial score (nSPS) is 15.3. The van der Waals surface area contributed by atoms with Crippen LogP contribution in [-0.2, 0) is 6.42 Å². The Labute approximate surface area is 156 Å². The molecule has 1 aliphatic rings. The molecule has 1 aliphatic heterocycles. The summed E-state index contributed by atoms with van der Waals surface area (Å²) in [5.41, 5.74) is 1.70. The predicted octanol–water partition coefficient (Wildman–Crippen LogP) is 3.11. The second-order valence-corrected chi connectivity index (χ2v) is 6.02. The van der Waals surface area contributed by atoms with Crippen molar-refractivity contribution in [1.29, 1.82) is 5.26 Å². The van der Waals surface area contributed by atoms with E-state index in [9.17, 15) is 14.4 Å². The maximum atomic E-state index is 13.1. The van der Waals surface area contributed by atoms with Crippen molar-refractivity contribution >= 4 is 5.91 Å². The van der Waals surface area contributed by atoms with Gasteiger partial charge in [0.15, 0.2) is 11.5 Å². The number of fused-ring (bicyclic) bond motifs is 1. The minimum atomic E-state index is -0.762. The molecule has 7 heteroatoms. The molecule has 0 radical (unpaired) electrons. The van der Waals surface area contributed by atoms with Gasteiger partial charge in [0.25, 0.3) is 5.91 Å². The molecule has 27 heavy (non-hydrogen) atoms. The third-order valence-corrected chi connectivity index (χ3v) is 4.62. The number of nitriles is 1. The number of halogens is 1. The average molecular weight is 370 g/mol. The van der Waals surface area contributed by atoms with Crippen LogP contribution in [0.25, 0.3) is 0 Å². The van der Waals surface area contributed by atoms with E-state index in [-0.39, 0.29) is 17.5 Å². The molecule has 0 spiro atoms. The summed E-state index contributed by atoms with van der Waals surface area (Å²) in [4.78, 5) is 14.5. The van der Waals surface area contributed by atoms with Gasteiger partial charge in [-0.2, -0.15) is 5.26 Å². The first-order chi connectivity index (χ1) is 13.0. The maximum Gasteiger partial charge on any atom is 0.259 e. The molecule has 2 aromatic rings. The summed E-state index contributed by atoms with van der Waals surface area (Å²) in [5, 5.41) is 9.68. The van der Waals surface area contributed by atoms with Gasteiger partial charge in [0.2, 0.25) is 5.75 Å². The van der Waals surface area contributed by atoms with E-state index in [1.807, 2.05) is 0 Å². The second-order valence-electron chi connectivity index (χ2n) is 6.02. The van der Waals surface area contributed by atoms with E-state index in [4.69, 9.17) is 14.2 Å². The molecule has 1 unspecified atom stereocenters. The van der Waals surface area contributed by atoms with E-state index in [2.05, 4.69) is 6.07 Å². The van der Waals surface area contributed by atoms with E-state index in [0.717, 1.165) is 5.56 Å². The number of carbonyl (C=O) groups is 1. The third-order valence-electron chi connectivity index (χ3n) is 4.62. The molecule has 0 saturated heterocycles. The number of benzene rings is 2. The summed E-state index contributed by atoms with van der Waals surface area (Å²) in [5.74, 6) is 0.325. The van der Waals surface area contributed by atoms with Crippen molar-refractivity contribution in [3.8, 4) is 23.3 Å². The van der Waals surface area contributed by atoms with Gasteiger partial charge in [-0.05, 0) is 30.2 Å². The Balaban J connectivity index is 1.97. The standard InChI is InChI=1S/C20H19FN2O4/c1-25-16-10-14-15(11-22)23(9-8-12-4-6-13(21)7-5-12)20(24)17(14)19(27-3)18(16)26-2/h4-7,10,15H,8-9H2,1-3H3. The largest absolute Gasteiger partial charge is 0.493 e. The van der Waals surface area contributed by atoms with E-state index >= 15 is 0 Å². The van der Waals surface area contributed by atoms with Crippen molar-refractivity contribution in [3.05, 3.63) is 52.8 Å². The molecule has 0 N–H and O–H groups in total. The summed E-state index contributed by atoms with van der Waals surface area (Å²) in [6.45, 7) is 0.311. The van der Waals surface area contributed by atoms with Gasteiger partial charge < -0.3 is 19.1 Å². The van der Waals surface area contributed by atoms with Crippen molar-refractivity contribution in [3.63, 3.8) is 0 Å². The van der Waals surface area contributed by atoms with Crippen molar-refractivity contribution in [2.24, 2.45) is 0 Å². The highest BCUT2D eigenvalue weighted by Crippen LogP contribution is 2.48. The molecule has 0 bridgehead atoms. The number of amides is 1. The van der Waals surface area contributed by atoms with Crippen molar-refractivity contribution in [1.82, 2.24) is 4.90 Å². The lowest BCUT2D eigenvalue weighted by Gasteiger charge is -2.20. The van der Waals surface area contributed by atoms with E-state index in [1.54, 1.807) is 18.2 Å². The maximum absolute atomic E-state index is 13.1. The Morgan fingerprint density at radius 2 is 1.78 bits per heavy atom. The molecular formula is C20H19FN2O4. The van der Waals surface area contributed by atoms with Gasteiger partial charge in [0.1, 0.15) is 11.9 Å². The molecule has 1 atom stereocenters. The topological polar surface area (TPSA) is 71.8 Å². The molecule has 6 nitrogen and oxygen atoms in total. The first-order valence-corrected chi connectivity index (χ1v) is 8.33. The van der Waals surface area contributed by atoms with Crippen LogP contribution in [0.5, 0.6) is 17.2 Å². The van der Waals surface area contributed by atoms with Crippen LogP contribution in [0.15, 0.2) is 30.3 Å². The number of methoxy groups -OCH3 is 3. The Morgan fingerprint density at radius 1 is 1.11 bits per heavy atom. The number of carbonyl (C=O) groups excluding carboxylic acids is 1. The smallest absolute Gasteiger partial charge is 0.259 e. The fourth-order valence-electron chi connectivity index (χ4n) is 3.31. The molecule has 0 aliphatic carbocycles. The second kappa shape index (κ2) is 7.54. The van der Waals surface area contributed by atoms with Crippen LogP contribution in [-0.4, -0.2) is 38.7 Å². The summed E-state index contributed by atoms with van der Waals surface area (Å²) in [6, 6.07) is 9.13. The molecule has 2 aromatic carbocycles. The average Bonchev–Trinajstić information content (AvgIpc) is 2.96. The lowest BCUT2D eigenvalue weighted by atomic mass is 10.0. The van der Waals surface area contributed by atoms with Gasteiger partial charge >= 0.3 is 0 Å². The first-order valence-electron chi connectivity index (χ1n) is 8.33. The number of rotatable bonds is 6. The minimum Gasteiger partial charge on any atom is -0.493 e. The van der Waals surface area contributed by atoms with Crippen molar-refractivity contribution in [2.75, 3.05) is 27.9 Å². The number of nitrogens with zero attached hydrogens (tertiary/aromatic N) is 2. The van der Waals surface area contributed by atoms with Crippen molar-refractivity contribution < 1.29 is 23.4 Å². The lowest BCUT2D eigenvalue weighted by molar-refractivity contribution is 0.0757. The fraction of sp³-hybridized carbons (Fsp3) is 0.300. The fourth-order valence-corrected chi connectivity index (χ4v) is 3.31. The van der Waals surface area contributed by atoms with Crippen LogP contribution in [0, 0.1) is 17.1 Å². The molecule has 3 rings (SSSR count). The highest BCUT2D eigenvalue weighted by molar-refractivity contribution is 6.03. The van der Waals surface area contributed by atoms with E-state index in [1.165, 1.54) is 38.4 Å². The Hall–Kier alpha value is -3.27. The molecule has 0 aromatic heterocycles. The highest BCUT2D eigenvalue weighted by Gasteiger charge is 2.41. The zero-order valence-electron chi connectivity index (χ0n) is 15.3. The summed E-state index contributed by atoms with van der Waals surface area (Å²) >= 11 is 0. The summed E-state index contributed by atoms with van der Waals surface area (Å²) in [6.07, 6.45) is 0.495. The Kier molecular flexibility index (Phi) is 5.17. The summed E-state index contributed by atoms with van der Waals surface area (Å²) < 4.78 is 29.1. The van der Waals surface area contributed by atoms with Gasteiger partial charge in [-0.15, -0.1) is 0 Å². The van der Waals surface area contributed by atoms with Crippen LogP contribution < -0.4 is 14.2 Å². The Bertz CT molecular complexity index is 906. The monoisotopic (exact) mass is 370 g/mol. The number of hydrogen-bond donors (Lipinski definition) is 0. The lowest BCUT2D eigenvalue weighted by Crippen LogP contribution is -2.29. The zero-order valence-corrected chi connectivity index (χ0v) is 15.3. The van der Waals surface area contributed by atoms with E-state index < -0.39 is 6.04 Å². The molecular weight excluding hydrogens is 351 g/mol. The van der Waals surface area contributed by atoms with Crippen molar-refractivity contribution in [2.45, 2.75) is 12.5 Å². The summed E-state index contributed by atoms with van der Waals surface area (Å²) in [7, 11) is 4.38. The van der Waals surface area contributed by atoms with Crippen LogP contribution in [0.4, 0.5) is 4.39 Å². The number of ether oxygens (including phenoxy) is 3. The van der Waals surface area contributed by atoms with Gasteiger partial charge in [-0.3, -0.25) is 4.79 Å². The minimum absolute atomic E-state index is 0.251. The number of hydrogen-bond acceptors (Lipinski definition) is 5. The van der Waals surface area contributed by atoms with Crippen LogP contribution >= 0.6 is 0 Å². The van der Waals surface area contributed by atoms with Crippen LogP contribution in [0.3, 0.4) is 0 Å². The first kappa shape index (κ1) is 18.5. The van der Waals surface area contributed by atoms with Crippen LogP contribution in [0.2, 0.25) is 0 Å². The van der Waals surface area contributed by atoms with Gasteiger partial charge in [0.05, 0.1) is 33.0 Å². The zero-order chi connectivity index (χ0) is 19.6. The molecule has 0 saturated carbocycles. The third kappa shape index (κ3) is 3.14. The molecule has 140 valence electrons. The molecule has 1 heterocycles. The predicted molar refractivity (Wildman–Crippen MR) is 95.6 cm³/mol. The van der Waals surface area contributed by atoms with Gasteiger partial charge in [0, 0.05) is 12.1 Å².